The molecule has 12 heteroatoms. The molecule has 10 nitrogen and oxygen atoms in total. The van der Waals surface area contributed by atoms with Crippen LogP contribution in [-0.4, -0.2) is 59.3 Å². The number of amides is 3. The van der Waals surface area contributed by atoms with Crippen LogP contribution >= 0.6 is 22.9 Å². The van der Waals surface area contributed by atoms with E-state index in [-0.39, 0.29) is 28.2 Å². The largest absolute Gasteiger partial charge is 0.398 e. The number of alkyl halides is 1. The van der Waals surface area contributed by atoms with Crippen molar-refractivity contribution >= 4 is 57.3 Å². The van der Waals surface area contributed by atoms with Gasteiger partial charge >= 0.3 is 0 Å². The number of Topliss-reactive ketones (excluding diaryl/α,β-unsaturated/α-hetero) is 1. The summed E-state index contributed by atoms with van der Waals surface area (Å²) >= 11 is 6.45. The Hall–Kier alpha value is -2.53. The van der Waals surface area contributed by atoms with Crippen molar-refractivity contribution in [1.82, 2.24) is 15.6 Å². The molecule has 0 aromatic carbocycles. The average molecular weight is 388 g/mol. The lowest BCUT2D eigenvalue weighted by Gasteiger charge is -2.35. The van der Waals surface area contributed by atoms with Gasteiger partial charge in [-0.1, -0.05) is 5.16 Å². The molecule has 134 valence electrons. The summed E-state index contributed by atoms with van der Waals surface area (Å²) in [5.41, 5.74) is -0.0690. The summed E-state index contributed by atoms with van der Waals surface area (Å²) in [4.78, 5) is 55.2. The number of thiazole rings is 1. The van der Waals surface area contributed by atoms with E-state index in [2.05, 4.69) is 30.9 Å². The van der Waals surface area contributed by atoms with Gasteiger partial charge in [0.15, 0.2) is 16.6 Å². The summed E-state index contributed by atoms with van der Waals surface area (Å²) in [5.74, 6) is -2.19. The number of β-lactam (4-membered cyclic amide) rings is 1. The summed E-state index contributed by atoms with van der Waals surface area (Å²) in [5, 5.41) is 12.6. The highest BCUT2D eigenvalue weighted by Crippen LogP contribution is 2.17. The second kappa shape index (κ2) is 8.03. The number of hydrogen-bond acceptors (Lipinski definition) is 8. The molecule has 0 spiro atoms. The van der Waals surface area contributed by atoms with Crippen molar-refractivity contribution in [3.8, 4) is 0 Å². The Morgan fingerprint density at radius 1 is 1.48 bits per heavy atom. The van der Waals surface area contributed by atoms with E-state index in [1.807, 2.05) is 0 Å². The van der Waals surface area contributed by atoms with Crippen LogP contribution in [0, 0.1) is 0 Å². The monoisotopic (exact) mass is 387 g/mol. The van der Waals surface area contributed by atoms with Crippen LogP contribution in [0.3, 0.4) is 0 Å². The lowest BCUT2D eigenvalue weighted by molar-refractivity contribution is -0.140. The van der Waals surface area contributed by atoms with Crippen LogP contribution in [0.25, 0.3) is 0 Å². The number of nitrogens with zero attached hydrogens (tertiary/aromatic N) is 2. The molecule has 0 unspecified atom stereocenters. The Morgan fingerprint density at radius 3 is 2.76 bits per heavy atom. The van der Waals surface area contributed by atoms with E-state index >= 15 is 0 Å². The third kappa shape index (κ3) is 4.31. The summed E-state index contributed by atoms with van der Waals surface area (Å²) in [6.07, 6.45) is 0. The SMILES string of the molecule is CON=C(C(=O)N[C@H]1C(=O)N[C@H]1C(C)=O)c1csc(NC(=O)CCl)n1. The fourth-order valence-corrected chi connectivity index (χ4v) is 2.74. The maximum atomic E-state index is 12.4. The topological polar surface area (TPSA) is 139 Å². The van der Waals surface area contributed by atoms with Crippen molar-refractivity contribution in [2.75, 3.05) is 18.3 Å². The number of halogens is 1. The molecule has 0 saturated carbocycles. The number of anilines is 1. The third-order valence-corrected chi connectivity index (χ3v) is 4.15. The van der Waals surface area contributed by atoms with Gasteiger partial charge in [0.25, 0.3) is 5.91 Å². The Morgan fingerprint density at radius 2 is 2.20 bits per heavy atom. The maximum absolute atomic E-state index is 12.4. The predicted molar refractivity (Wildman–Crippen MR) is 89.6 cm³/mol. The number of aromatic nitrogens is 1. The zero-order valence-electron chi connectivity index (χ0n) is 13.2. The zero-order valence-corrected chi connectivity index (χ0v) is 14.7. The smallest absolute Gasteiger partial charge is 0.276 e. The summed E-state index contributed by atoms with van der Waals surface area (Å²) in [6.45, 7) is 1.31. The van der Waals surface area contributed by atoms with Crippen LogP contribution < -0.4 is 16.0 Å². The van der Waals surface area contributed by atoms with Gasteiger partial charge in [-0.3, -0.25) is 19.2 Å². The first-order valence-electron chi connectivity index (χ1n) is 6.92. The fourth-order valence-electron chi connectivity index (χ4n) is 1.96. The van der Waals surface area contributed by atoms with E-state index in [9.17, 15) is 19.2 Å². The van der Waals surface area contributed by atoms with Gasteiger partial charge in [-0.2, -0.15) is 0 Å². The van der Waals surface area contributed by atoms with Crippen LogP contribution in [0.5, 0.6) is 0 Å². The molecule has 1 aliphatic rings. The van der Waals surface area contributed by atoms with E-state index in [1.165, 1.54) is 19.4 Å². The number of nitrogens with one attached hydrogen (secondary N) is 3. The first-order chi connectivity index (χ1) is 11.9. The molecular weight excluding hydrogens is 374 g/mol. The molecule has 0 bridgehead atoms. The summed E-state index contributed by atoms with van der Waals surface area (Å²) in [6, 6.07) is -1.77. The molecule has 1 aliphatic heterocycles. The molecule has 1 aromatic heterocycles. The van der Waals surface area contributed by atoms with E-state index in [1.54, 1.807) is 0 Å². The highest BCUT2D eigenvalue weighted by atomic mass is 35.5. The molecule has 1 aromatic rings. The lowest BCUT2D eigenvalue weighted by atomic mass is 9.95. The molecule has 2 atom stereocenters. The van der Waals surface area contributed by atoms with Gasteiger partial charge in [0.1, 0.15) is 30.8 Å². The highest BCUT2D eigenvalue weighted by molar-refractivity contribution is 7.14. The quantitative estimate of drug-likeness (QED) is 0.243. The van der Waals surface area contributed by atoms with Crippen LogP contribution in [0.15, 0.2) is 10.5 Å². The average Bonchev–Trinajstić information content (AvgIpc) is 3.02. The number of ketones is 1. The van der Waals surface area contributed by atoms with Crippen molar-refractivity contribution in [2.24, 2.45) is 5.16 Å². The zero-order chi connectivity index (χ0) is 18.6. The van der Waals surface area contributed by atoms with Crippen LogP contribution in [0.1, 0.15) is 12.6 Å². The Labute approximate surface area is 150 Å². The fraction of sp³-hybridized carbons (Fsp3) is 0.385. The second-order valence-corrected chi connectivity index (χ2v) is 6.02. The molecule has 0 aliphatic carbocycles. The number of rotatable bonds is 7. The van der Waals surface area contributed by atoms with Crippen LogP contribution in [0.2, 0.25) is 0 Å². The molecule has 3 N–H and O–H groups in total. The molecular formula is C13H14ClN5O5S. The summed E-state index contributed by atoms with van der Waals surface area (Å²) in [7, 11) is 1.24. The van der Waals surface area contributed by atoms with E-state index in [4.69, 9.17) is 11.6 Å². The van der Waals surface area contributed by atoms with Crippen LogP contribution in [0.4, 0.5) is 5.13 Å². The third-order valence-electron chi connectivity index (χ3n) is 3.15. The van der Waals surface area contributed by atoms with Crippen molar-refractivity contribution in [3.63, 3.8) is 0 Å². The first-order valence-corrected chi connectivity index (χ1v) is 8.33. The van der Waals surface area contributed by atoms with Crippen molar-refractivity contribution in [3.05, 3.63) is 11.1 Å². The van der Waals surface area contributed by atoms with Gasteiger partial charge in [-0.25, -0.2) is 4.98 Å². The van der Waals surface area contributed by atoms with E-state index in [0.717, 1.165) is 11.3 Å². The maximum Gasteiger partial charge on any atom is 0.276 e. The number of oxime groups is 1. The Bertz CT molecular complexity index is 749. The highest BCUT2D eigenvalue weighted by Gasteiger charge is 2.43. The molecule has 0 radical (unpaired) electrons. The van der Waals surface area contributed by atoms with Gasteiger partial charge in [0, 0.05) is 5.38 Å². The number of hydrogen-bond donors (Lipinski definition) is 3. The van der Waals surface area contributed by atoms with E-state index in [0.29, 0.717) is 0 Å². The number of carbonyl (C=O) groups is 4. The van der Waals surface area contributed by atoms with Crippen molar-refractivity contribution in [1.29, 1.82) is 0 Å². The van der Waals surface area contributed by atoms with Gasteiger partial charge in [0.05, 0.1) is 0 Å². The van der Waals surface area contributed by atoms with Crippen molar-refractivity contribution in [2.45, 2.75) is 19.0 Å². The minimum Gasteiger partial charge on any atom is -0.398 e. The van der Waals surface area contributed by atoms with Gasteiger partial charge in [-0.15, -0.1) is 22.9 Å². The minimum atomic E-state index is -0.985. The second-order valence-electron chi connectivity index (χ2n) is 4.89. The molecule has 2 heterocycles. The molecule has 3 amide bonds. The normalized spacial score (nSPS) is 19.5. The minimum absolute atomic E-state index is 0.133. The van der Waals surface area contributed by atoms with E-state index < -0.39 is 29.8 Å². The Kier molecular flexibility index (Phi) is 6.04. The Balaban J connectivity index is 2.14. The molecule has 1 saturated heterocycles. The standard InChI is InChI=1S/C13H14ClN5O5S/c1-5(20)8-10(12(23)17-8)18-11(22)9(19-24-2)6-4-25-13(15-6)16-7(21)3-14/h4,8,10H,3H2,1-2H3,(H,17,23)(H,18,22)(H,15,16,21)/t8-,10+/m0/s1. The van der Waals surface area contributed by atoms with Crippen molar-refractivity contribution < 1.29 is 24.0 Å². The molecule has 1 fully saturated rings. The van der Waals surface area contributed by atoms with Gasteiger partial charge in [0.2, 0.25) is 11.8 Å². The first kappa shape index (κ1) is 18.8. The van der Waals surface area contributed by atoms with Gasteiger partial charge in [-0.05, 0) is 6.92 Å². The number of carbonyl (C=O) groups excluding carboxylic acids is 4. The van der Waals surface area contributed by atoms with Crippen LogP contribution in [-0.2, 0) is 24.0 Å². The summed E-state index contributed by atoms with van der Waals surface area (Å²) < 4.78 is 0. The lowest BCUT2D eigenvalue weighted by Crippen LogP contribution is -2.72. The predicted octanol–water partition coefficient (Wildman–Crippen LogP) is -0.757. The van der Waals surface area contributed by atoms with Gasteiger partial charge < -0.3 is 20.8 Å². The molecule has 2 rings (SSSR count). The molecule has 25 heavy (non-hydrogen) atoms.